The van der Waals surface area contributed by atoms with E-state index in [2.05, 4.69) is 63.7 Å². The number of ether oxygens (including phenoxy) is 1. The van der Waals surface area contributed by atoms with E-state index in [1.54, 1.807) is 0 Å². The third kappa shape index (κ3) is 4.41. The summed E-state index contributed by atoms with van der Waals surface area (Å²) in [6.07, 6.45) is -0.378. The minimum Gasteiger partial charge on any atom is -0.463 e. The van der Waals surface area contributed by atoms with Crippen molar-refractivity contribution in [3.63, 3.8) is 0 Å². The van der Waals surface area contributed by atoms with E-state index in [0.717, 1.165) is 0 Å². The molecule has 18 heavy (non-hydrogen) atoms. The number of esters is 1. The highest BCUT2D eigenvalue weighted by Gasteiger charge is 2.44. The Morgan fingerprint density at radius 1 is 1.22 bits per heavy atom. The molecule has 106 valence electrons. The normalized spacial score (nSPS) is 38.2. The van der Waals surface area contributed by atoms with Crippen LogP contribution in [0.2, 0.25) is 0 Å². The molecule has 0 spiro atoms. The summed E-state index contributed by atoms with van der Waals surface area (Å²) in [6.45, 7) is -0.593. The fraction of sp³-hybridized carbons (Fsp3) is 0.900. The van der Waals surface area contributed by atoms with Crippen molar-refractivity contribution in [2.75, 3.05) is 13.2 Å². The molecule has 0 radical (unpaired) electrons. The van der Waals surface area contributed by atoms with Gasteiger partial charge >= 0.3 is 5.97 Å². The van der Waals surface area contributed by atoms with Crippen molar-refractivity contribution >= 4 is 69.7 Å². The van der Waals surface area contributed by atoms with Crippen LogP contribution in [0.25, 0.3) is 0 Å². The summed E-state index contributed by atoms with van der Waals surface area (Å²) >= 11 is 14.1. The molecule has 8 heteroatoms. The van der Waals surface area contributed by atoms with Gasteiger partial charge in [0.15, 0.2) is 0 Å². The van der Waals surface area contributed by atoms with Crippen LogP contribution in [0.4, 0.5) is 0 Å². The zero-order valence-corrected chi connectivity index (χ0v) is 15.7. The smallest absolute Gasteiger partial charge is 0.310 e. The van der Waals surface area contributed by atoms with Crippen molar-refractivity contribution in [2.45, 2.75) is 31.8 Å². The van der Waals surface area contributed by atoms with Crippen LogP contribution < -0.4 is 0 Å². The molecule has 6 atom stereocenters. The monoisotopic (exact) mass is 514 g/mol. The van der Waals surface area contributed by atoms with Crippen molar-refractivity contribution in [2.24, 2.45) is 5.92 Å². The van der Waals surface area contributed by atoms with E-state index in [9.17, 15) is 4.79 Å². The molecular weight excluding hydrogens is 504 g/mol. The Morgan fingerprint density at radius 2 is 1.83 bits per heavy atom. The summed E-state index contributed by atoms with van der Waals surface area (Å²) in [5.41, 5.74) is 0. The molecule has 4 nitrogen and oxygen atoms in total. The topological polar surface area (TPSA) is 66.8 Å². The molecule has 0 aromatic rings. The lowest BCUT2D eigenvalue weighted by Crippen LogP contribution is -2.46. The predicted octanol–water partition coefficient (Wildman–Crippen LogP) is 1.96. The maximum atomic E-state index is 11.9. The number of hydrogen-bond donors (Lipinski definition) is 2. The summed E-state index contributed by atoms with van der Waals surface area (Å²) in [4.78, 5) is 12.4. The van der Waals surface area contributed by atoms with Crippen molar-refractivity contribution in [1.82, 2.24) is 0 Å². The van der Waals surface area contributed by atoms with Gasteiger partial charge < -0.3 is 14.9 Å². The van der Waals surface area contributed by atoms with Gasteiger partial charge in [-0.05, 0) is 6.42 Å². The van der Waals surface area contributed by atoms with Gasteiger partial charge in [0.25, 0.3) is 0 Å². The SMILES string of the molecule is O=C(OCC(O)CO)C1CC(Br)C(Br)C(Br)C1Br. The largest absolute Gasteiger partial charge is 0.463 e. The van der Waals surface area contributed by atoms with E-state index in [1.807, 2.05) is 0 Å². The van der Waals surface area contributed by atoms with Gasteiger partial charge in [0.05, 0.1) is 12.5 Å². The van der Waals surface area contributed by atoms with E-state index >= 15 is 0 Å². The number of carbonyl (C=O) groups is 1. The first-order valence-electron chi connectivity index (χ1n) is 5.40. The summed E-state index contributed by atoms with van der Waals surface area (Å²) in [7, 11) is 0. The second-order valence-electron chi connectivity index (χ2n) is 4.16. The lowest BCUT2D eigenvalue weighted by atomic mass is 9.89. The van der Waals surface area contributed by atoms with Crippen LogP contribution in [0.15, 0.2) is 0 Å². The summed E-state index contributed by atoms with van der Waals surface area (Å²) in [5, 5.41) is 17.8. The molecule has 1 aliphatic carbocycles. The van der Waals surface area contributed by atoms with Crippen molar-refractivity contribution in [3.05, 3.63) is 0 Å². The molecule has 0 bridgehead atoms. The number of aliphatic hydroxyl groups is 2. The van der Waals surface area contributed by atoms with E-state index < -0.39 is 12.7 Å². The van der Waals surface area contributed by atoms with E-state index in [-0.39, 0.29) is 37.8 Å². The lowest BCUT2D eigenvalue weighted by Gasteiger charge is -2.37. The Bertz CT molecular complexity index is 291. The molecule has 0 aliphatic heterocycles. The average molecular weight is 518 g/mol. The van der Waals surface area contributed by atoms with E-state index in [1.165, 1.54) is 0 Å². The highest BCUT2D eigenvalue weighted by molar-refractivity contribution is 9.14. The Kier molecular flexibility index (Phi) is 7.64. The molecule has 1 aliphatic rings. The first-order chi connectivity index (χ1) is 8.38. The third-order valence-corrected chi connectivity index (χ3v) is 9.38. The minimum atomic E-state index is -1.02. The quantitative estimate of drug-likeness (QED) is 0.442. The molecule has 0 heterocycles. The van der Waals surface area contributed by atoms with Crippen LogP contribution in [-0.2, 0) is 9.53 Å². The second kappa shape index (κ2) is 7.93. The summed E-state index contributed by atoms with van der Waals surface area (Å²) in [6, 6.07) is 0. The van der Waals surface area contributed by atoms with Gasteiger partial charge in [-0.3, -0.25) is 4.79 Å². The fourth-order valence-corrected chi connectivity index (χ4v) is 5.26. The van der Waals surface area contributed by atoms with Crippen LogP contribution in [0.1, 0.15) is 6.42 Å². The lowest BCUT2D eigenvalue weighted by molar-refractivity contribution is -0.152. The molecule has 0 aromatic carbocycles. The molecule has 1 rings (SSSR count). The number of aliphatic hydroxyl groups excluding tert-OH is 2. The Hall–Kier alpha value is 1.31. The average Bonchev–Trinajstić information content (AvgIpc) is 2.37. The molecule has 0 aromatic heterocycles. The molecular formula is C10H14Br4O4. The maximum absolute atomic E-state index is 11.9. The Balaban J connectivity index is 2.57. The molecule has 0 saturated heterocycles. The Morgan fingerprint density at radius 3 is 2.39 bits per heavy atom. The minimum absolute atomic E-state index is 0.0468. The molecule has 6 unspecified atom stereocenters. The first kappa shape index (κ1) is 17.4. The number of rotatable bonds is 4. The van der Waals surface area contributed by atoms with Crippen LogP contribution >= 0.6 is 63.7 Å². The maximum Gasteiger partial charge on any atom is 0.310 e. The van der Waals surface area contributed by atoms with Gasteiger partial charge in [0, 0.05) is 19.3 Å². The highest BCUT2D eigenvalue weighted by Crippen LogP contribution is 2.41. The van der Waals surface area contributed by atoms with Crippen molar-refractivity contribution < 1.29 is 19.7 Å². The molecule has 0 amide bonds. The number of halogens is 4. The van der Waals surface area contributed by atoms with Gasteiger partial charge in [-0.1, -0.05) is 63.7 Å². The van der Waals surface area contributed by atoms with Gasteiger partial charge in [0.1, 0.15) is 12.7 Å². The molecule has 1 fully saturated rings. The summed E-state index contributed by atoms with van der Waals surface area (Å²) < 4.78 is 5.00. The number of carbonyl (C=O) groups excluding carboxylic acids is 1. The van der Waals surface area contributed by atoms with Gasteiger partial charge in [-0.2, -0.15) is 0 Å². The number of hydrogen-bond acceptors (Lipinski definition) is 4. The van der Waals surface area contributed by atoms with Gasteiger partial charge in [-0.25, -0.2) is 0 Å². The van der Waals surface area contributed by atoms with Crippen molar-refractivity contribution in [3.8, 4) is 0 Å². The first-order valence-corrected chi connectivity index (χ1v) is 9.06. The second-order valence-corrected chi connectivity index (χ2v) is 8.51. The third-order valence-electron chi connectivity index (χ3n) is 2.75. The molecule has 2 N–H and O–H groups in total. The molecule has 1 saturated carbocycles. The van der Waals surface area contributed by atoms with Crippen LogP contribution in [-0.4, -0.2) is 54.8 Å². The fourth-order valence-electron chi connectivity index (χ4n) is 1.66. The van der Waals surface area contributed by atoms with Gasteiger partial charge in [-0.15, -0.1) is 0 Å². The van der Waals surface area contributed by atoms with E-state index in [0.29, 0.717) is 6.42 Å². The van der Waals surface area contributed by atoms with Crippen molar-refractivity contribution in [1.29, 1.82) is 0 Å². The standard InChI is InChI=1S/C10H14Br4O4/c11-6-1-5(7(12)9(14)8(6)13)10(17)18-3-4(16)2-15/h4-9,15-16H,1-3H2. The number of alkyl halides is 4. The van der Waals surface area contributed by atoms with E-state index in [4.69, 9.17) is 14.9 Å². The zero-order valence-electron chi connectivity index (χ0n) is 9.31. The highest BCUT2D eigenvalue weighted by atomic mass is 79.9. The Labute approximate surface area is 139 Å². The zero-order chi connectivity index (χ0) is 13.9. The van der Waals surface area contributed by atoms with Crippen LogP contribution in [0, 0.1) is 5.92 Å². The predicted molar refractivity (Wildman–Crippen MR) is 83.0 cm³/mol. The van der Waals surface area contributed by atoms with Crippen LogP contribution in [0.5, 0.6) is 0 Å². The van der Waals surface area contributed by atoms with Crippen LogP contribution in [0.3, 0.4) is 0 Å². The summed E-state index contributed by atoms with van der Waals surface area (Å²) in [5.74, 6) is -0.656. The van der Waals surface area contributed by atoms with Gasteiger partial charge in [0.2, 0.25) is 0 Å².